The van der Waals surface area contributed by atoms with Crippen molar-refractivity contribution < 1.29 is 22.7 Å². The number of esters is 1. The summed E-state index contributed by atoms with van der Waals surface area (Å²) in [5.74, 6) is -1.03. The second-order valence-electron chi connectivity index (χ2n) is 7.67. The Morgan fingerprint density at radius 2 is 1.94 bits per heavy atom. The third-order valence-corrected chi connectivity index (χ3v) is 7.14. The summed E-state index contributed by atoms with van der Waals surface area (Å²) in [5, 5.41) is 0. The fourth-order valence-electron chi connectivity index (χ4n) is 3.87. The van der Waals surface area contributed by atoms with Crippen LogP contribution in [0.25, 0.3) is 0 Å². The van der Waals surface area contributed by atoms with E-state index in [2.05, 4.69) is 10.8 Å². The first-order chi connectivity index (χ1) is 14.7. The summed E-state index contributed by atoms with van der Waals surface area (Å²) in [6.07, 6.45) is 2.84. The molecule has 8 heteroatoms. The molecule has 0 bridgehead atoms. The third kappa shape index (κ3) is 5.14. The van der Waals surface area contributed by atoms with Gasteiger partial charge in [-0.05, 0) is 55.0 Å². The number of nitrogens with one attached hydrogen (secondary N) is 1. The zero-order valence-corrected chi connectivity index (χ0v) is 18.9. The summed E-state index contributed by atoms with van der Waals surface area (Å²) in [4.78, 5) is 26.9. The van der Waals surface area contributed by atoms with Gasteiger partial charge in [-0.15, -0.1) is 0 Å². The summed E-state index contributed by atoms with van der Waals surface area (Å²) < 4.78 is 32.1. The van der Waals surface area contributed by atoms with Crippen LogP contribution in [-0.2, 0) is 26.0 Å². The highest BCUT2D eigenvalue weighted by Crippen LogP contribution is 2.33. The molecule has 1 amide bonds. The highest BCUT2D eigenvalue weighted by molar-refractivity contribution is 7.89. The van der Waals surface area contributed by atoms with Crippen LogP contribution in [-0.4, -0.2) is 45.4 Å². The van der Waals surface area contributed by atoms with Gasteiger partial charge in [-0.3, -0.25) is 4.79 Å². The molecular weight excluding hydrogens is 416 g/mol. The van der Waals surface area contributed by atoms with Gasteiger partial charge in [0.2, 0.25) is 10.0 Å². The minimum atomic E-state index is -3.70. The van der Waals surface area contributed by atoms with E-state index in [1.165, 1.54) is 17.7 Å². The van der Waals surface area contributed by atoms with Crippen molar-refractivity contribution in [3.63, 3.8) is 0 Å². The molecule has 1 atom stereocenters. The van der Waals surface area contributed by atoms with E-state index in [4.69, 9.17) is 4.74 Å². The Morgan fingerprint density at radius 1 is 1.19 bits per heavy atom. The maximum Gasteiger partial charge on any atom is 0.338 e. The number of benzene rings is 2. The van der Waals surface area contributed by atoms with Crippen LogP contribution in [0.4, 0.5) is 0 Å². The van der Waals surface area contributed by atoms with E-state index in [-0.39, 0.29) is 29.0 Å². The Kier molecular flexibility index (Phi) is 7.12. The highest BCUT2D eigenvalue weighted by atomic mass is 32.2. The van der Waals surface area contributed by atoms with Gasteiger partial charge in [-0.2, -0.15) is 0 Å². The van der Waals surface area contributed by atoms with Gasteiger partial charge in [0.25, 0.3) is 5.91 Å². The Bertz CT molecular complexity index is 1080. The maximum absolute atomic E-state index is 12.7. The van der Waals surface area contributed by atoms with Crippen molar-refractivity contribution in [2.24, 2.45) is 0 Å². The molecule has 0 spiro atoms. The van der Waals surface area contributed by atoms with Gasteiger partial charge in [0.05, 0.1) is 16.5 Å². The van der Waals surface area contributed by atoms with Crippen molar-refractivity contribution >= 4 is 21.9 Å². The molecule has 1 N–H and O–H groups in total. The van der Waals surface area contributed by atoms with Crippen molar-refractivity contribution in [1.29, 1.82) is 0 Å². The predicted molar refractivity (Wildman–Crippen MR) is 117 cm³/mol. The van der Waals surface area contributed by atoms with Crippen LogP contribution >= 0.6 is 0 Å². The van der Waals surface area contributed by atoms with Gasteiger partial charge in [0.1, 0.15) is 0 Å². The van der Waals surface area contributed by atoms with E-state index >= 15 is 0 Å². The van der Waals surface area contributed by atoms with Gasteiger partial charge in [0, 0.05) is 13.6 Å². The van der Waals surface area contributed by atoms with E-state index in [0.717, 1.165) is 24.8 Å². The van der Waals surface area contributed by atoms with Crippen LogP contribution < -0.4 is 4.72 Å². The number of fused-ring (bicyclic) bond motifs is 1. The predicted octanol–water partition coefficient (Wildman–Crippen LogP) is 2.99. The molecule has 2 aromatic rings. The molecule has 3 rings (SSSR count). The van der Waals surface area contributed by atoms with E-state index in [0.29, 0.717) is 5.56 Å². The van der Waals surface area contributed by atoms with Crippen LogP contribution in [0.1, 0.15) is 52.9 Å². The molecule has 0 aromatic heterocycles. The number of sulfonamides is 1. The van der Waals surface area contributed by atoms with Gasteiger partial charge in [0.15, 0.2) is 6.61 Å². The number of carbonyl (C=O) groups excluding carboxylic acids is 2. The average Bonchev–Trinajstić information content (AvgIpc) is 2.76. The van der Waals surface area contributed by atoms with Crippen molar-refractivity contribution in [3.8, 4) is 0 Å². The maximum atomic E-state index is 12.7. The van der Waals surface area contributed by atoms with E-state index in [9.17, 15) is 18.0 Å². The lowest BCUT2D eigenvalue weighted by molar-refractivity contribution is -0.135. The summed E-state index contributed by atoms with van der Waals surface area (Å²) in [5.41, 5.74) is 3.07. The van der Waals surface area contributed by atoms with Crippen molar-refractivity contribution in [1.82, 2.24) is 9.62 Å². The van der Waals surface area contributed by atoms with Crippen molar-refractivity contribution in [3.05, 3.63) is 64.7 Å². The fraction of sp³-hybridized carbons (Fsp3) is 0.391. The van der Waals surface area contributed by atoms with Crippen LogP contribution in [0, 0.1) is 6.92 Å². The number of ether oxygens (including phenoxy) is 1. The summed E-state index contributed by atoms with van der Waals surface area (Å²) in [6.45, 7) is 3.19. The summed E-state index contributed by atoms with van der Waals surface area (Å²) in [7, 11) is -1.98. The number of amides is 1. The number of hydrogen-bond acceptors (Lipinski definition) is 5. The summed E-state index contributed by atoms with van der Waals surface area (Å²) >= 11 is 0. The Labute approximate surface area is 183 Å². The first-order valence-corrected chi connectivity index (χ1v) is 11.8. The first-order valence-electron chi connectivity index (χ1n) is 10.4. The topological polar surface area (TPSA) is 92.8 Å². The number of carbonyl (C=O) groups is 2. The lowest BCUT2D eigenvalue weighted by atomic mass is 9.87. The van der Waals surface area contributed by atoms with Crippen LogP contribution in [0.2, 0.25) is 0 Å². The SMILES string of the molecule is CCNS(=O)(=O)c1ccc(C)c(C(=O)OCC(=O)N(C)C2CCCc3ccccc32)c1. The molecule has 0 saturated heterocycles. The number of aryl methyl sites for hydroxylation is 2. The van der Waals surface area contributed by atoms with E-state index < -0.39 is 22.6 Å². The van der Waals surface area contributed by atoms with E-state index in [1.807, 2.05) is 18.2 Å². The molecule has 0 heterocycles. The minimum absolute atomic E-state index is 0.0193. The molecule has 0 aliphatic heterocycles. The van der Waals surface area contributed by atoms with Crippen LogP contribution in [0.15, 0.2) is 47.4 Å². The molecule has 166 valence electrons. The molecule has 0 fully saturated rings. The van der Waals surface area contributed by atoms with Gasteiger partial charge in [-0.25, -0.2) is 17.9 Å². The second kappa shape index (κ2) is 9.62. The molecule has 0 saturated carbocycles. The standard InChI is InChI=1S/C23H28N2O5S/c1-4-24-31(28,29)18-13-12-16(2)20(14-18)23(27)30-15-22(26)25(3)21-11-7-9-17-8-5-6-10-19(17)21/h5-6,8,10,12-14,21,24H,4,7,9,11,15H2,1-3H3. The molecule has 1 aliphatic rings. The van der Waals surface area contributed by atoms with Gasteiger partial charge >= 0.3 is 5.97 Å². The quantitative estimate of drug-likeness (QED) is 0.663. The smallest absolute Gasteiger partial charge is 0.338 e. The zero-order valence-electron chi connectivity index (χ0n) is 18.1. The normalized spacial score (nSPS) is 15.8. The monoisotopic (exact) mass is 444 g/mol. The third-order valence-electron chi connectivity index (χ3n) is 5.60. The van der Waals surface area contributed by atoms with E-state index in [1.54, 1.807) is 31.9 Å². The molecule has 1 unspecified atom stereocenters. The summed E-state index contributed by atoms with van der Waals surface area (Å²) in [6, 6.07) is 12.3. The molecule has 31 heavy (non-hydrogen) atoms. The average molecular weight is 445 g/mol. The molecule has 0 radical (unpaired) electrons. The number of rotatable bonds is 7. The number of likely N-dealkylation sites (N-methyl/N-ethyl adjacent to an activating group) is 1. The number of nitrogens with zero attached hydrogens (tertiary/aromatic N) is 1. The van der Waals surface area contributed by atoms with Crippen molar-refractivity contribution in [2.45, 2.75) is 44.0 Å². The minimum Gasteiger partial charge on any atom is -0.452 e. The first kappa shape index (κ1) is 23.0. The lowest BCUT2D eigenvalue weighted by Gasteiger charge is -2.33. The zero-order chi connectivity index (χ0) is 22.6. The van der Waals surface area contributed by atoms with Gasteiger partial charge < -0.3 is 9.64 Å². The lowest BCUT2D eigenvalue weighted by Crippen LogP contribution is -2.36. The second-order valence-corrected chi connectivity index (χ2v) is 9.43. The van der Waals surface area contributed by atoms with Crippen LogP contribution in [0.5, 0.6) is 0 Å². The Balaban J connectivity index is 1.69. The van der Waals surface area contributed by atoms with Gasteiger partial charge in [-0.1, -0.05) is 37.3 Å². The van der Waals surface area contributed by atoms with Crippen LogP contribution in [0.3, 0.4) is 0 Å². The number of hydrogen-bond donors (Lipinski definition) is 1. The van der Waals surface area contributed by atoms with Crippen molar-refractivity contribution in [2.75, 3.05) is 20.2 Å². The molecule has 1 aliphatic carbocycles. The largest absolute Gasteiger partial charge is 0.452 e. The Morgan fingerprint density at radius 3 is 2.68 bits per heavy atom. The fourth-order valence-corrected chi connectivity index (χ4v) is 4.94. The molecular formula is C23H28N2O5S. The highest BCUT2D eigenvalue weighted by Gasteiger charge is 2.27. The molecule has 2 aromatic carbocycles. The Hall–Kier alpha value is -2.71. The molecule has 7 nitrogen and oxygen atoms in total.